The molecule has 1 rings (SSSR count). The lowest BCUT2D eigenvalue weighted by atomic mass is 10.1. The molecule has 0 amide bonds. The Morgan fingerprint density at radius 3 is 1.38 bits per heavy atom. The zero-order valence-corrected chi connectivity index (χ0v) is 10.0. The first kappa shape index (κ1) is 42.8. The standard InChI is InChI=1S/C8H20N3.C2H8N2.6CH4/c1-10-4-8-11(7-3-9)5-2-6-11;3-1-2-4;;;;;;/h10H,2-9H2,1H3;1-4H2;6*1H4/q+1;;;;;;;. The Hall–Kier alpha value is -0.200. The van der Waals surface area contributed by atoms with E-state index >= 15 is 0 Å². The fraction of sp³-hybridized carbons (Fsp3) is 1.00. The molecule has 0 atom stereocenters. The van der Waals surface area contributed by atoms with Crippen molar-refractivity contribution < 1.29 is 4.48 Å². The summed E-state index contributed by atoms with van der Waals surface area (Å²) in [4.78, 5) is 0. The smallest absolute Gasteiger partial charge is 0.0913 e. The summed E-state index contributed by atoms with van der Waals surface area (Å²) in [5, 5.41) is 3.19. The van der Waals surface area contributed by atoms with Gasteiger partial charge in [-0.1, -0.05) is 44.6 Å². The topological polar surface area (TPSA) is 90.1 Å². The lowest BCUT2D eigenvalue weighted by Gasteiger charge is -2.45. The Kier molecular flexibility index (Phi) is 57.2. The van der Waals surface area contributed by atoms with Gasteiger partial charge in [-0.05, 0) is 7.05 Å². The molecule has 0 radical (unpaired) electrons. The molecule has 1 aliphatic heterocycles. The minimum absolute atomic E-state index is 0. The molecule has 0 aromatic heterocycles. The van der Waals surface area contributed by atoms with Crippen LogP contribution in [0.2, 0.25) is 0 Å². The molecule has 0 aromatic rings. The van der Waals surface area contributed by atoms with E-state index in [1.165, 1.54) is 37.1 Å². The number of hydrogen-bond acceptors (Lipinski definition) is 4. The summed E-state index contributed by atoms with van der Waals surface area (Å²) in [7, 11) is 2.01. The van der Waals surface area contributed by atoms with E-state index in [4.69, 9.17) is 17.2 Å². The normalized spacial score (nSPS) is 12.6. The van der Waals surface area contributed by atoms with Crippen molar-refractivity contribution in [3.05, 3.63) is 0 Å². The Morgan fingerprint density at radius 1 is 0.762 bits per heavy atom. The number of nitrogens with one attached hydrogen (secondary N) is 1. The molecule has 0 bridgehead atoms. The molecule has 0 saturated carbocycles. The van der Waals surface area contributed by atoms with Gasteiger partial charge in [-0.15, -0.1) is 0 Å². The predicted octanol–water partition coefficient (Wildman–Crippen LogP) is 2.11. The van der Waals surface area contributed by atoms with Crippen LogP contribution in [-0.4, -0.2) is 63.9 Å². The lowest BCUT2D eigenvalue weighted by Crippen LogP contribution is -2.61. The van der Waals surface area contributed by atoms with Crippen LogP contribution in [0, 0.1) is 0 Å². The third-order valence-corrected chi connectivity index (χ3v) is 2.87. The molecule has 0 aliphatic carbocycles. The van der Waals surface area contributed by atoms with E-state index in [1.807, 2.05) is 7.05 Å². The van der Waals surface area contributed by atoms with E-state index in [1.54, 1.807) is 0 Å². The molecule has 5 nitrogen and oxygen atoms in total. The minimum atomic E-state index is 0. The highest BCUT2D eigenvalue weighted by atomic mass is 15.4. The highest BCUT2D eigenvalue weighted by Crippen LogP contribution is 2.17. The van der Waals surface area contributed by atoms with E-state index in [2.05, 4.69) is 5.32 Å². The van der Waals surface area contributed by atoms with Crippen LogP contribution >= 0.6 is 0 Å². The summed E-state index contributed by atoms with van der Waals surface area (Å²) in [5.74, 6) is 0. The Morgan fingerprint density at radius 2 is 1.19 bits per heavy atom. The van der Waals surface area contributed by atoms with Gasteiger partial charge in [0.2, 0.25) is 0 Å². The molecule has 1 aliphatic rings. The zero-order chi connectivity index (χ0) is 11.6. The lowest BCUT2D eigenvalue weighted by molar-refractivity contribution is -0.961. The molecule has 140 valence electrons. The maximum Gasteiger partial charge on any atom is 0.0913 e. The molecule has 0 unspecified atom stereocenters. The third-order valence-electron chi connectivity index (χ3n) is 2.87. The SMILES string of the molecule is C.C.C.C.C.C.CNCC[N+]1(CCN)CCC1.NCCN. The van der Waals surface area contributed by atoms with Crippen molar-refractivity contribution >= 4 is 0 Å². The van der Waals surface area contributed by atoms with Gasteiger partial charge in [0.25, 0.3) is 0 Å². The fourth-order valence-electron chi connectivity index (χ4n) is 1.79. The van der Waals surface area contributed by atoms with Gasteiger partial charge < -0.3 is 27.0 Å². The maximum absolute atomic E-state index is 5.56. The molecular weight excluding hydrogens is 262 g/mol. The van der Waals surface area contributed by atoms with Crippen molar-refractivity contribution in [3.8, 4) is 0 Å². The Bertz CT molecular complexity index is 137. The van der Waals surface area contributed by atoms with Crippen LogP contribution in [0.15, 0.2) is 0 Å². The zero-order valence-electron chi connectivity index (χ0n) is 10.0. The van der Waals surface area contributed by atoms with Gasteiger partial charge in [-0.25, -0.2) is 0 Å². The van der Waals surface area contributed by atoms with Crippen LogP contribution in [0.3, 0.4) is 0 Å². The molecule has 7 N–H and O–H groups in total. The molecule has 5 heteroatoms. The number of likely N-dealkylation sites (tertiary alicyclic amines) is 1. The summed E-state index contributed by atoms with van der Waals surface area (Å²) in [5.41, 5.74) is 15.4. The van der Waals surface area contributed by atoms with E-state index in [0.29, 0.717) is 13.1 Å². The van der Waals surface area contributed by atoms with Gasteiger partial charge in [0, 0.05) is 32.6 Å². The monoisotopic (exact) mass is 314 g/mol. The summed E-state index contributed by atoms with van der Waals surface area (Å²) in [6, 6.07) is 0. The van der Waals surface area contributed by atoms with Crippen LogP contribution in [0.25, 0.3) is 0 Å². The largest absolute Gasteiger partial charge is 0.329 e. The van der Waals surface area contributed by atoms with E-state index < -0.39 is 0 Å². The van der Waals surface area contributed by atoms with Crippen LogP contribution in [0.1, 0.15) is 51.0 Å². The van der Waals surface area contributed by atoms with Gasteiger partial charge in [0.15, 0.2) is 0 Å². The first-order valence-corrected chi connectivity index (χ1v) is 5.84. The van der Waals surface area contributed by atoms with Gasteiger partial charge >= 0.3 is 0 Å². The second-order valence-corrected chi connectivity index (χ2v) is 4.06. The maximum atomic E-state index is 5.56. The van der Waals surface area contributed by atoms with Gasteiger partial charge in [-0.3, -0.25) is 0 Å². The van der Waals surface area contributed by atoms with Gasteiger partial charge in [0.05, 0.1) is 26.2 Å². The summed E-state index contributed by atoms with van der Waals surface area (Å²) in [6.07, 6.45) is 1.39. The predicted molar refractivity (Wildman–Crippen MR) is 106 cm³/mol. The molecule has 1 fully saturated rings. The number of likely N-dealkylation sites (N-methyl/N-ethyl adjacent to an activating group) is 1. The van der Waals surface area contributed by atoms with Crippen LogP contribution in [0.5, 0.6) is 0 Å². The minimum Gasteiger partial charge on any atom is -0.329 e. The number of quaternary nitrogens is 1. The Balaban J connectivity index is -0.0000000357. The number of rotatable bonds is 6. The first-order chi connectivity index (χ1) is 7.24. The van der Waals surface area contributed by atoms with Crippen LogP contribution < -0.4 is 22.5 Å². The van der Waals surface area contributed by atoms with Crippen LogP contribution in [0.4, 0.5) is 0 Å². The van der Waals surface area contributed by atoms with E-state index in [0.717, 1.165) is 13.1 Å². The summed E-state index contributed by atoms with van der Waals surface area (Å²) in [6.45, 7) is 8.27. The molecule has 21 heavy (non-hydrogen) atoms. The molecule has 0 spiro atoms. The molecule has 0 aromatic carbocycles. The highest BCUT2D eigenvalue weighted by Gasteiger charge is 2.33. The fourth-order valence-corrected chi connectivity index (χ4v) is 1.79. The number of nitrogens with zero attached hydrogens (tertiary/aromatic N) is 1. The second-order valence-electron chi connectivity index (χ2n) is 4.06. The average molecular weight is 315 g/mol. The van der Waals surface area contributed by atoms with Crippen molar-refractivity contribution in [2.24, 2.45) is 17.2 Å². The summed E-state index contributed by atoms with van der Waals surface area (Å²) >= 11 is 0. The van der Waals surface area contributed by atoms with Crippen molar-refractivity contribution in [3.63, 3.8) is 0 Å². The summed E-state index contributed by atoms with van der Waals surface area (Å²) < 4.78 is 1.26. The third kappa shape index (κ3) is 19.8. The van der Waals surface area contributed by atoms with Crippen molar-refractivity contribution in [1.29, 1.82) is 0 Å². The molecule has 1 saturated heterocycles. The molecular formula is C16H52N5+. The van der Waals surface area contributed by atoms with Gasteiger partial charge in [0.1, 0.15) is 0 Å². The number of nitrogens with two attached hydrogens (primary N) is 3. The Labute approximate surface area is 138 Å². The van der Waals surface area contributed by atoms with Crippen LogP contribution in [-0.2, 0) is 0 Å². The second kappa shape index (κ2) is 28.0. The quantitative estimate of drug-likeness (QED) is 0.565. The van der Waals surface area contributed by atoms with E-state index in [-0.39, 0.29) is 44.6 Å². The number of hydrogen-bond donors (Lipinski definition) is 4. The average Bonchev–Trinajstić information content (AvgIpc) is 2.22. The van der Waals surface area contributed by atoms with E-state index in [9.17, 15) is 0 Å². The first-order valence-electron chi connectivity index (χ1n) is 5.84. The van der Waals surface area contributed by atoms with Gasteiger partial charge in [-0.2, -0.15) is 0 Å². The highest BCUT2D eigenvalue weighted by molar-refractivity contribution is 4.57. The van der Waals surface area contributed by atoms with Crippen molar-refractivity contribution in [1.82, 2.24) is 5.32 Å². The van der Waals surface area contributed by atoms with Crippen molar-refractivity contribution in [2.45, 2.75) is 51.0 Å². The van der Waals surface area contributed by atoms with Crippen molar-refractivity contribution in [2.75, 3.05) is 59.4 Å². The molecule has 1 heterocycles.